The summed E-state index contributed by atoms with van der Waals surface area (Å²) in [4.78, 5) is 30.7. The molecule has 0 aliphatic heterocycles. The maximum Gasteiger partial charge on any atom is 0.278 e. The van der Waals surface area contributed by atoms with Crippen molar-refractivity contribution in [3.63, 3.8) is 0 Å². The van der Waals surface area contributed by atoms with Crippen LogP contribution in [-0.2, 0) is 6.54 Å². The summed E-state index contributed by atoms with van der Waals surface area (Å²) >= 11 is 1.90. The second-order valence-electron chi connectivity index (χ2n) is 4.29. The summed E-state index contributed by atoms with van der Waals surface area (Å²) < 4.78 is 1.88. The Morgan fingerprint density at radius 1 is 1.40 bits per heavy atom. The summed E-state index contributed by atoms with van der Waals surface area (Å²) in [7, 11) is 0. The highest BCUT2D eigenvalue weighted by Gasteiger charge is 2.19. The van der Waals surface area contributed by atoms with Crippen molar-refractivity contribution in [3.05, 3.63) is 59.6 Å². The van der Waals surface area contributed by atoms with E-state index in [2.05, 4.69) is 9.97 Å². The molecule has 0 saturated carbocycles. The zero-order valence-corrected chi connectivity index (χ0v) is 13.0. The highest BCUT2D eigenvalue weighted by atomic mass is 127. The summed E-state index contributed by atoms with van der Waals surface area (Å²) in [5.41, 5.74) is 1.32. The predicted octanol–water partition coefficient (Wildman–Crippen LogP) is 1.82. The first-order chi connectivity index (χ1) is 9.41. The van der Waals surface area contributed by atoms with Gasteiger partial charge < -0.3 is 0 Å². The van der Waals surface area contributed by atoms with Crippen LogP contribution in [0, 0.1) is 27.5 Å². The number of aromatic nitrogens is 3. The maximum absolute atomic E-state index is 11.9. The lowest BCUT2D eigenvalue weighted by atomic mass is 10.1. The fourth-order valence-electron chi connectivity index (χ4n) is 1.90. The lowest BCUT2D eigenvalue weighted by Crippen LogP contribution is -2.24. The number of rotatable bonds is 3. The van der Waals surface area contributed by atoms with Crippen molar-refractivity contribution in [2.45, 2.75) is 20.4 Å². The molecule has 0 fully saturated rings. The molecular weight excluding hydrogens is 375 g/mol. The number of nitrogens with zero attached hydrogens (tertiary/aromatic N) is 4. The number of aryl methyl sites for hydroxylation is 1. The fraction of sp³-hybridized carbons (Fsp3) is 0.250. The van der Waals surface area contributed by atoms with E-state index in [0.29, 0.717) is 20.4 Å². The van der Waals surface area contributed by atoms with Gasteiger partial charge in [0, 0.05) is 18.0 Å². The van der Waals surface area contributed by atoms with Crippen LogP contribution in [0.5, 0.6) is 0 Å². The van der Waals surface area contributed by atoms with Gasteiger partial charge in [-0.05, 0) is 36.4 Å². The van der Waals surface area contributed by atoms with Crippen molar-refractivity contribution in [2.75, 3.05) is 0 Å². The highest BCUT2D eigenvalue weighted by Crippen LogP contribution is 2.24. The van der Waals surface area contributed by atoms with Crippen molar-refractivity contribution in [3.8, 4) is 0 Å². The largest absolute Gasteiger partial charge is 0.292 e. The minimum atomic E-state index is -0.425. The summed E-state index contributed by atoms with van der Waals surface area (Å²) in [5.74, 6) is 0. The molecule has 0 spiro atoms. The third-order valence-corrected chi connectivity index (χ3v) is 3.68. The first kappa shape index (κ1) is 14.6. The van der Waals surface area contributed by atoms with Crippen molar-refractivity contribution >= 4 is 28.3 Å². The van der Waals surface area contributed by atoms with Crippen molar-refractivity contribution < 1.29 is 4.92 Å². The monoisotopic (exact) mass is 386 g/mol. The van der Waals surface area contributed by atoms with E-state index < -0.39 is 4.92 Å². The molecule has 2 aromatic heterocycles. The number of halogens is 1. The van der Waals surface area contributed by atoms with E-state index in [0.717, 1.165) is 0 Å². The van der Waals surface area contributed by atoms with Gasteiger partial charge in [-0.15, -0.1) is 0 Å². The van der Waals surface area contributed by atoms with E-state index in [-0.39, 0.29) is 17.8 Å². The summed E-state index contributed by atoms with van der Waals surface area (Å²) in [6.45, 7) is 3.44. The van der Waals surface area contributed by atoms with Crippen molar-refractivity contribution in [1.82, 2.24) is 14.5 Å². The Balaban J connectivity index is 2.50. The standard InChI is InChI=1S/C12H11IN4O3/c1-7-3-15-10(8(2)11(7)17(19)20)5-16-6-14-4-9(13)12(16)18/h3-4,6H,5H2,1-2H3. The third-order valence-electron chi connectivity index (χ3n) is 2.94. The van der Waals surface area contributed by atoms with Crippen LogP contribution in [0.1, 0.15) is 16.8 Å². The average Bonchev–Trinajstić information content (AvgIpc) is 2.37. The van der Waals surface area contributed by atoms with Gasteiger partial charge in [0.15, 0.2) is 0 Å². The molecule has 0 radical (unpaired) electrons. The Bertz CT molecular complexity index is 742. The van der Waals surface area contributed by atoms with Gasteiger partial charge in [-0.1, -0.05) is 0 Å². The second-order valence-corrected chi connectivity index (χ2v) is 5.46. The fourth-order valence-corrected chi connectivity index (χ4v) is 2.37. The van der Waals surface area contributed by atoms with Gasteiger partial charge in [0.2, 0.25) is 0 Å². The molecule has 0 atom stereocenters. The van der Waals surface area contributed by atoms with Crippen LogP contribution in [0.25, 0.3) is 0 Å². The van der Waals surface area contributed by atoms with Crippen LogP contribution in [0.3, 0.4) is 0 Å². The minimum Gasteiger partial charge on any atom is -0.292 e. The van der Waals surface area contributed by atoms with Gasteiger partial charge in [0.25, 0.3) is 11.2 Å². The van der Waals surface area contributed by atoms with Gasteiger partial charge in [0.05, 0.1) is 32.6 Å². The molecule has 104 valence electrons. The van der Waals surface area contributed by atoms with Crippen molar-refractivity contribution in [2.24, 2.45) is 0 Å². The summed E-state index contributed by atoms with van der Waals surface area (Å²) in [5, 5.41) is 11.1. The van der Waals surface area contributed by atoms with Gasteiger partial charge in [-0.2, -0.15) is 0 Å². The molecule has 0 aliphatic carbocycles. The van der Waals surface area contributed by atoms with Crippen LogP contribution in [0.4, 0.5) is 5.69 Å². The Labute approximate surface area is 128 Å². The van der Waals surface area contributed by atoms with Crippen LogP contribution >= 0.6 is 22.6 Å². The van der Waals surface area contributed by atoms with Gasteiger partial charge >= 0.3 is 0 Å². The molecule has 20 heavy (non-hydrogen) atoms. The topological polar surface area (TPSA) is 90.9 Å². The smallest absolute Gasteiger partial charge is 0.278 e. The highest BCUT2D eigenvalue weighted by molar-refractivity contribution is 14.1. The molecule has 0 amide bonds. The van der Waals surface area contributed by atoms with E-state index in [1.165, 1.54) is 23.3 Å². The molecule has 0 N–H and O–H groups in total. The van der Waals surface area contributed by atoms with E-state index in [1.54, 1.807) is 13.8 Å². The molecule has 0 unspecified atom stereocenters. The van der Waals surface area contributed by atoms with Gasteiger partial charge in [-0.25, -0.2) is 4.98 Å². The molecular formula is C12H11IN4O3. The third kappa shape index (κ3) is 2.69. The van der Waals surface area contributed by atoms with Crippen molar-refractivity contribution in [1.29, 1.82) is 0 Å². The normalized spacial score (nSPS) is 10.6. The SMILES string of the molecule is Cc1cnc(Cn2cncc(I)c2=O)c(C)c1[N+](=O)[O-]. The first-order valence-corrected chi connectivity index (χ1v) is 6.79. The summed E-state index contributed by atoms with van der Waals surface area (Å²) in [6, 6.07) is 0. The second kappa shape index (κ2) is 5.65. The Hall–Kier alpha value is -1.84. The zero-order valence-electron chi connectivity index (χ0n) is 10.8. The van der Waals surface area contributed by atoms with Crippen LogP contribution < -0.4 is 5.56 Å². The predicted molar refractivity (Wildman–Crippen MR) is 80.7 cm³/mol. The van der Waals surface area contributed by atoms with Crippen LogP contribution in [-0.4, -0.2) is 19.5 Å². The number of hydrogen-bond acceptors (Lipinski definition) is 5. The van der Waals surface area contributed by atoms with Gasteiger partial charge in [0.1, 0.15) is 0 Å². The van der Waals surface area contributed by atoms with Gasteiger partial charge in [-0.3, -0.25) is 24.5 Å². The van der Waals surface area contributed by atoms with Crippen LogP contribution in [0.15, 0.2) is 23.5 Å². The molecule has 0 aliphatic rings. The van der Waals surface area contributed by atoms with E-state index in [4.69, 9.17) is 0 Å². The van der Waals surface area contributed by atoms with E-state index in [1.807, 2.05) is 22.6 Å². The molecule has 8 heteroatoms. The molecule has 2 heterocycles. The van der Waals surface area contributed by atoms with E-state index in [9.17, 15) is 14.9 Å². The summed E-state index contributed by atoms with van der Waals surface area (Å²) in [6.07, 6.45) is 4.32. The quantitative estimate of drug-likeness (QED) is 0.456. The number of pyridine rings is 1. The Morgan fingerprint density at radius 3 is 2.75 bits per heavy atom. The maximum atomic E-state index is 11.9. The van der Waals surface area contributed by atoms with Crippen LogP contribution in [0.2, 0.25) is 0 Å². The zero-order chi connectivity index (χ0) is 14.9. The molecule has 7 nitrogen and oxygen atoms in total. The number of hydrogen-bond donors (Lipinski definition) is 0. The molecule has 0 aromatic carbocycles. The molecule has 0 bridgehead atoms. The molecule has 2 aromatic rings. The average molecular weight is 386 g/mol. The first-order valence-electron chi connectivity index (χ1n) is 5.71. The molecule has 2 rings (SSSR count). The molecule has 0 saturated heterocycles. The van der Waals surface area contributed by atoms with E-state index >= 15 is 0 Å². The Kier molecular flexibility index (Phi) is 4.12. The number of nitro groups is 1. The minimum absolute atomic E-state index is 0.0432. The Morgan fingerprint density at radius 2 is 2.10 bits per heavy atom. The lowest BCUT2D eigenvalue weighted by molar-refractivity contribution is -0.386. The lowest BCUT2D eigenvalue weighted by Gasteiger charge is -2.09.